The van der Waals surface area contributed by atoms with Gasteiger partial charge in [0.15, 0.2) is 5.82 Å². The molecule has 3 N–H and O–H groups in total. The van der Waals surface area contributed by atoms with Crippen LogP contribution in [0.25, 0.3) is 22.3 Å². The number of hydrogen-bond donors (Lipinski definition) is 3. The number of aryl methyl sites for hydroxylation is 1. The van der Waals surface area contributed by atoms with Crippen LogP contribution in [0.2, 0.25) is 0 Å². The number of nitrogens with zero attached hydrogens (tertiary/aromatic N) is 4. The zero-order valence-corrected chi connectivity index (χ0v) is 21.5. The Bertz CT molecular complexity index is 1630. The van der Waals surface area contributed by atoms with Gasteiger partial charge in [-0.05, 0) is 80.1 Å². The third-order valence-electron chi connectivity index (χ3n) is 8.25. The van der Waals surface area contributed by atoms with E-state index in [1.54, 1.807) is 18.2 Å². The molecule has 0 amide bonds. The van der Waals surface area contributed by atoms with E-state index in [1.165, 1.54) is 18.2 Å². The average Bonchev–Trinajstić information content (AvgIpc) is 3.72. The summed E-state index contributed by atoms with van der Waals surface area (Å²) in [5.74, 6) is 0.785. The van der Waals surface area contributed by atoms with E-state index < -0.39 is 5.54 Å². The summed E-state index contributed by atoms with van der Waals surface area (Å²) in [5, 5.41) is 17.1. The zero-order valence-electron chi connectivity index (χ0n) is 21.5. The summed E-state index contributed by atoms with van der Waals surface area (Å²) in [6, 6.07) is 10.8. The van der Waals surface area contributed by atoms with Crippen molar-refractivity contribution in [2.24, 2.45) is 5.92 Å². The summed E-state index contributed by atoms with van der Waals surface area (Å²) >= 11 is 0. The minimum Gasteiger partial charge on any atom is -0.381 e. The average molecular weight is 530 g/mol. The van der Waals surface area contributed by atoms with E-state index in [1.807, 2.05) is 16.9 Å². The number of hydrogen-bond acceptors (Lipinski definition) is 5. The van der Waals surface area contributed by atoms with Crippen molar-refractivity contribution in [2.45, 2.75) is 44.3 Å². The Morgan fingerprint density at radius 3 is 2.64 bits per heavy atom. The van der Waals surface area contributed by atoms with Crippen LogP contribution < -0.4 is 5.32 Å². The predicted molar refractivity (Wildman–Crippen MR) is 142 cm³/mol. The molecular formula is C29H29F2N7O. The second-order valence-corrected chi connectivity index (χ2v) is 10.4. The van der Waals surface area contributed by atoms with E-state index in [-0.39, 0.29) is 23.6 Å². The van der Waals surface area contributed by atoms with Gasteiger partial charge < -0.3 is 9.72 Å². The fourth-order valence-electron chi connectivity index (χ4n) is 6.35. The van der Waals surface area contributed by atoms with E-state index in [9.17, 15) is 8.78 Å². The first-order valence-corrected chi connectivity index (χ1v) is 13.4. The molecule has 2 aromatic carbocycles. The van der Waals surface area contributed by atoms with Gasteiger partial charge in [-0.25, -0.2) is 13.8 Å². The molecule has 3 aromatic heterocycles. The standard InChI is InChI=1S/C29H29F2N7O/c1-2-38-16-19(15-32-38)29(18-9-11-39-12-10-18)26-23(22-13-21(31)7-8-24(22)33-26)14-25(35-29)28-34-27(36-37-28)17-3-5-20(30)6-4-17/h3-8,13,15-16,18,25,33,35H,2,9-12,14H2,1H3,(H,34,36,37)/t25-,29-/m1/s1. The van der Waals surface area contributed by atoms with Crippen molar-refractivity contribution < 1.29 is 13.5 Å². The van der Waals surface area contributed by atoms with Gasteiger partial charge in [0.05, 0.1) is 17.8 Å². The van der Waals surface area contributed by atoms with Crippen LogP contribution in [-0.2, 0) is 23.2 Å². The van der Waals surface area contributed by atoms with Crippen molar-refractivity contribution in [3.8, 4) is 11.4 Å². The first-order valence-electron chi connectivity index (χ1n) is 13.4. The topological polar surface area (TPSA) is 96.4 Å². The minimum atomic E-state index is -0.631. The van der Waals surface area contributed by atoms with Gasteiger partial charge in [-0.2, -0.15) is 10.2 Å². The van der Waals surface area contributed by atoms with Gasteiger partial charge in [-0.3, -0.25) is 15.1 Å². The quantitative estimate of drug-likeness (QED) is 0.298. The zero-order chi connectivity index (χ0) is 26.6. The number of aromatic amines is 2. The second kappa shape index (κ2) is 9.39. The predicted octanol–water partition coefficient (Wildman–Crippen LogP) is 5.00. The molecule has 7 rings (SSSR count). The summed E-state index contributed by atoms with van der Waals surface area (Å²) in [7, 11) is 0. The lowest BCUT2D eigenvalue weighted by atomic mass is 9.69. The van der Waals surface area contributed by atoms with Crippen molar-refractivity contribution in [1.82, 2.24) is 35.3 Å². The highest BCUT2D eigenvalue weighted by atomic mass is 19.1. The highest BCUT2D eigenvalue weighted by Crippen LogP contribution is 2.49. The van der Waals surface area contributed by atoms with E-state index in [4.69, 9.17) is 9.72 Å². The maximum atomic E-state index is 14.5. The van der Waals surface area contributed by atoms with Crippen molar-refractivity contribution in [1.29, 1.82) is 0 Å². The monoisotopic (exact) mass is 529 g/mol. The first kappa shape index (κ1) is 24.2. The summed E-state index contributed by atoms with van der Waals surface area (Å²) in [6.45, 7) is 4.16. The van der Waals surface area contributed by atoms with Gasteiger partial charge in [-0.1, -0.05) is 0 Å². The third kappa shape index (κ3) is 3.97. The van der Waals surface area contributed by atoms with E-state index in [0.717, 1.165) is 52.7 Å². The molecule has 10 heteroatoms. The SMILES string of the molecule is CCn1cc([C@@]2(C3CCOCC3)N[C@@H](c3nc(-c4ccc(F)cc4)n[nH]3)Cc3c2[nH]c2ccc(F)cc32)cn1. The molecule has 8 nitrogen and oxygen atoms in total. The van der Waals surface area contributed by atoms with Crippen LogP contribution in [0.1, 0.15) is 48.5 Å². The lowest BCUT2D eigenvalue weighted by Crippen LogP contribution is -2.55. The molecule has 2 aliphatic heterocycles. The molecule has 200 valence electrons. The number of H-pyrrole nitrogens is 2. The fraction of sp³-hybridized carbons (Fsp3) is 0.345. The molecule has 0 bridgehead atoms. The molecule has 5 aromatic rings. The Labute approximate surface area is 223 Å². The molecule has 2 aliphatic rings. The van der Waals surface area contributed by atoms with Crippen LogP contribution in [0, 0.1) is 17.6 Å². The van der Waals surface area contributed by atoms with Gasteiger partial charge in [-0.15, -0.1) is 0 Å². The maximum absolute atomic E-state index is 14.5. The third-order valence-corrected chi connectivity index (χ3v) is 8.25. The lowest BCUT2D eigenvalue weighted by molar-refractivity contribution is 0.0302. The number of rotatable bonds is 5. The highest BCUT2D eigenvalue weighted by Gasteiger charge is 2.50. The summed E-state index contributed by atoms with van der Waals surface area (Å²) in [4.78, 5) is 8.51. The second-order valence-electron chi connectivity index (χ2n) is 10.4. The van der Waals surface area contributed by atoms with Crippen LogP contribution in [0.3, 0.4) is 0 Å². The molecule has 39 heavy (non-hydrogen) atoms. The van der Waals surface area contributed by atoms with Crippen LogP contribution in [0.5, 0.6) is 0 Å². The van der Waals surface area contributed by atoms with Crippen molar-refractivity contribution >= 4 is 10.9 Å². The lowest BCUT2D eigenvalue weighted by Gasteiger charge is -2.47. The Balaban J connectivity index is 1.41. The smallest absolute Gasteiger partial charge is 0.181 e. The molecule has 2 atom stereocenters. The summed E-state index contributed by atoms with van der Waals surface area (Å²) in [5.41, 5.74) is 4.14. The Morgan fingerprint density at radius 1 is 1.08 bits per heavy atom. The van der Waals surface area contributed by atoms with Crippen LogP contribution in [0.4, 0.5) is 8.78 Å². The van der Waals surface area contributed by atoms with Crippen LogP contribution in [-0.4, -0.2) is 43.2 Å². The number of nitrogens with one attached hydrogen (secondary N) is 3. The molecule has 0 radical (unpaired) electrons. The molecule has 0 saturated carbocycles. The molecule has 0 aliphatic carbocycles. The van der Waals surface area contributed by atoms with E-state index >= 15 is 0 Å². The largest absolute Gasteiger partial charge is 0.381 e. The summed E-state index contributed by atoms with van der Waals surface area (Å²) in [6.07, 6.45) is 6.35. The maximum Gasteiger partial charge on any atom is 0.181 e. The molecular weight excluding hydrogens is 500 g/mol. The minimum absolute atomic E-state index is 0.194. The van der Waals surface area contributed by atoms with Crippen molar-refractivity contribution in [2.75, 3.05) is 13.2 Å². The number of benzene rings is 2. The molecule has 1 saturated heterocycles. The fourth-order valence-corrected chi connectivity index (χ4v) is 6.35. The van der Waals surface area contributed by atoms with Crippen molar-refractivity contribution in [3.63, 3.8) is 0 Å². The first-order chi connectivity index (χ1) is 19.0. The number of fused-ring (bicyclic) bond motifs is 3. The van der Waals surface area contributed by atoms with E-state index in [0.29, 0.717) is 31.3 Å². The molecule has 5 heterocycles. The van der Waals surface area contributed by atoms with Crippen LogP contribution in [0.15, 0.2) is 54.9 Å². The van der Waals surface area contributed by atoms with Gasteiger partial charge >= 0.3 is 0 Å². The number of aromatic nitrogens is 6. The van der Waals surface area contributed by atoms with Crippen LogP contribution >= 0.6 is 0 Å². The Kier molecular flexibility index (Phi) is 5.82. The molecule has 1 fully saturated rings. The van der Waals surface area contributed by atoms with Gasteiger partial charge in [0.25, 0.3) is 0 Å². The highest BCUT2D eigenvalue weighted by molar-refractivity contribution is 5.86. The van der Waals surface area contributed by atoms with Gasteiger partial charge in [0, 0.05) is 53.7 Å². The molecule has 0 spiro atoms. The number of halogens is 2. The normalized spacial score (nSPS) is 21.9. The van der Waals surface area contributed by atoms with E-state index in [2.05, 4.69) is 38.7 Å². The Morgan fingerprint density at radius 2 is 1.87 bits per heavy atom. The molecule has 0 unspecified atom stereocenters. The van der Waals surface area contributed by atoms with Crippen molar-refractivity contribution in [3.05, 3.63) is 89.1 Å². The summed E-state index contributed by atoms with van der Waals surface area (Å²) < 4.78 is 35.7. The van der Waals surface area contributed by atoms with Gasteiger partial charge in [0.2, 0.25) is 0 Å². The van der Waals surface area contributed by atoms with Gasteiger partial charge in [0.1, 0.15) is 17.5 Å². The Hall–Kier alpha value is -3.89. The number of ether oxygens (including phenoxy) is 1.